The van der Waals surface area contributed by atoms with E-state index in [0.717, 1.165) is 0 Å². The fourth-order valence-electron chi connectivity index (χ4n) is 0.890. The van der Waals surface area contributed by atoms with Crippen molar-refractivity contribution in [3.8, 4) is 0 Å². The second-order valence-corrected chi connectivity index (χ2v) is 4.63. The van der Waals surface area contributed by atoms with Crippen LogP contribution in [0.1, 0.15) is 10.4 Å². The van der Waals surface area contributed by atoms with Gasteiger partial charge in [-0.05, 0) is 0 Å². The summed E-state index contributed by atoms with van der Waals surface area (Å²) in [4.78, 5) is 11.0. The van der Waals surface area contributed by atoms with Crippen molar-refractivity contribution in [1.29, 1.82) is 0 Å². The minimum absolute atomic E-state index is 0.376. The van der Waals surface area contributed by atoms with Crippen LogP contribution in [0.25, 0.3) is 0 Å². The van der Waals surface area contributed by atoms with E-state index in [1.54, 1.807) is 0 Å². The number of alkyl halides is 2. The van der Waals surface area contributed by atoms with Gasteiger partial charge in [0.15, 0.2) is 0 Å². The van der Waals surface area contributed by atoms with Crippen molar-refractivity contribution in [2.45, 2.75) is 5.32 Å². The number of hydrogen-bond acceptors (Lipinski definition) is 2. The Morgan fingerprint density at radius 1 is 1.36 bits per heavy atom. The van der Waals surface area contributed by atoms with Crippen molar-refractivity contribution in [3.63, 3.8) is 0 Å². The van der Waals surface area contributed by atoms with E-state index in [1.807, 2.05) is 0 Å². The zero-order valence-corrected chi connectivity index (χ0v) is 9.08. The van der Waals surface area contributed by atoms with E-state index in [1.165, 1.54) is 31.4 Å². The van der Waals surface area contributed by atoms with Crippen molar-refractivity contribution >= 4 is 25.4 Å². The number of carbonyl (C=O) groups is 1. The van der Waals surface area contributed by atoms with Crippen LogP contribution < -0.4 is 4.46 Å². The maximum atomic E-state index is 12.0. The number of esters is 1. The molecule has 0 atom stereocenters. The molecule has 0 aliphatic rings. The summed E-state index contributed by atoms with van der Waals surface area (Å²) in [6, 6.07) is 6.04. The summed E-state index contributed by atoms with van der Waals surface area (Å²) in [5, 5.41) is -2.30. The van der Waals surface area contributed by atoms with Crippen molar-refractivity contribution in [3.05, 3.63) is 29.8 Å². The van der Waals surface area contributed by atoms with Crippen LogP contribution in [0.2, 0.25) is 0 Å². The zero-order valence-electron chi connectivity index (χ0n) is 7.37. The molecule has 0 fully saturated rings. The van der Waals surface area contributed by atoms with E-state index in [-0.39, 0.29) is 0 Å². The monoisotopic (exact) mass is 266 g/mol. The fourth-order valence-corrected chi connectivity index (χ4v) is 1.94. The number of benzene rings is 1. The first-order valence-corrected chi connectivity index (χ1v) is 5.61. The first kappa shape index (κ1) is 11.1. The van der Waals surface area contributed by atoms with Gasteiger partial charge in [0.25, 0.3) is 0 Å². The van der Waals surface area contributed by atoms with Gasteiger partial charge in [0, 0.05) is 0 Å². The van der Waals surface area contributed by atoms with Gasteiger partial charge in [-0.15, -0.1) is 0 Å². The Bertz CT molecular complexity index is 311. The number of rotatable bonds is 3. The molecule has 0 N–H and O–H groups in total. The molecule has 0 heterocycles. The molecule has 0 aliphatic heterocycles. The fraction of sp³-hybridized carbons (Fsp3) is 0.222. The molecule has 0 aromatic heterocycles. The number of carbonyl (C=O) groups excluding carboxylic acids is 1. The predicted molar refractivity (Wildman–Crippen MR) is 49.2 cm³/mol. The van der Waals surface area contributed by atoms with Gasteiger partial charge in [-0.25, -0.2) is 0 Å². The van der Waals surface area contributed by atoms with Gasteiger partial charge in [-0.1, -0.05) is 0 Å². The quantitative estimate of drug-likeness (QED) is 0.602. The molecule has 0 radical (unpaired) electrons. The van der Waals surface area contributed by atoms with Crippen LogP contribution in [0.3, 0.4) is 0 Å². The molecular formula is C9H8F2O2Se. The number of ether oxygens (including phenoxy) is 1. The Labute approximate surface area is 86.4 Å². The molecule has 0 saturated carbocycles. The SMILES string of the molecule is COC(=O)c1ccc([Se]C(F)F)cc1. The van der Waals surface area contributed by atoms with Crippen LogP contribution in [-0.2, 0) is 4.74 Å². The first-order chi connectivity index (χ1) is 6.63. The molecule has 0 amide bonds. The number of halogens is 2. The van der Waals surface area contributed by atoms with Crippen LogP contribution in [0, 0.1) is 0 Å². The predicted octanol–water partition coefficient (Wildman–Crippen LogP) is 1.03. The van der Waals surface area contributed by atoms with Crippen molar-refractivity contribution in [2.75, 3.05) is 7.11 Å². The molecule has 1 aromatic carbocycles. The summed E-state index contributed by atoms with van der Waals surface area (Å²) in [5.74, 6) is -0.457. The summed E-state index contributed by atoms with van der Waals surface area (Å²) in [6.45, 7) is 0. The van der Waals surface area contributed by atoms with E-state index < -0.39 is 26.2 Å². The van der Waals surface area contributed by atoms with Gasteiger partial charge < -0.3 is 0 Å². The number of methoxy groups -OCH3 is 1. The molecule has 5 heteroatoms. The summed E-state index contributed by atoms with van der Waals surface area (Å²) < 4.78 is 29.0. The molecule has 0 aliphatic carbocycles. The van der Waals surface area contributed by atoms with Crippen LogP contribution in [0.5, 0.6) is 0 Å². The van der Waals surface area contributed by atoms with Crippen molar-refractivity contribution < 1.29 is 18.3 Å². The maximum absolute atomic E-state index is 12.0. The number of hydrogen-bond donors (Lipinski definition) is 0. The van der Waals surface area contributed by atoms with Gasteiger partial charge in [0.1, 0.15) is 0 Å². The second kappa shape index (κ2) is 5.08. The average molecular weight is 265 g/mol. The van der Waals surface area contributed by atoms with Crippen LogP contribution in [0.15, 0.2) is 24.3 Å². The Hall–Kier alpha value is -0.931. The van der Waals surface area contributed by atoms with Crippen LogP contribution in [-0.4, -0.2) is 33.4 Å². The zero-order chi connectivity index (χ0) is 10.6. The van der Waals surface area contributed by atoms with Crippen molar-refractivity contribution in [1.82, 2.24) is 0 Å². The topological polar surface area (TPSA) is 26.3 Å². The van der Waals surface area contributed by atoms with E-state index in [4.69, 9.17) is 0 Å². The standard InChI is InChI=1S/C9H8F2O2Se/c1-13-8(12)6-2-4-7(5-3-6)14-9(10)11/h2-5,9H,1H3. The van der Waals surface area contributed by atoms with Crippen LogP contribution in [0.4, 0.5) is 8.78 Å². The molecule has 2 nitrogen and oxygen atoms in total. The van der Waals surface area contributed by atoms with Gasteiger partial charge >= 0.3 is 86.0 Å². The second-order valence-electron chi connectivity index (χ2n) is 2.39. The molecular weight excluding hydrogens is 257 g/mol. The first-order valence-electron chi connectivity index (χ1n) is 3.76. The van der Waals surface area contributed by atoms with Crippen molar-refractivity contribution in [2.24, 2.45) is 0 Å². The molecule has 0 bridgehead atoms. The molecule has 1 aromatic rings. The van der Waals surface area contributed by atoms with E-state index >= 15 is 0 Å². The van der Waals surface area contributed by atoms with Gasteiger partial charge in [0.2, 0.25) is 0 Å². The molecule has 0 saturated heterocycles. The van der Waals surface area contributed by atoms with E-state index in [9.17, 15) is 13.6 Å². The summed E-state index contributed by atoms with van der Waals surface area (Å²) >= 11 is -0.839. The summed E-state index contributed by atoms with van der Waals surface area (Å²) in [7, 11) is 1.28. The van der Waals surface area contributed by atoms with E-state index in [2.05, 4.69) is 4.74 Å². The normalized spacial score (nSPS) is 10.3. The average Bonchev–Trinajstić information content (AvgIpc) is 2.17. The minimum atomic E-state index is -2.30. The van der Waals surface area contributed by atoms with E-state index in [0.29, 0.717) is 10.0 Å². The van der Waals surface area contributed by atoms with Crippen LogP contribution >= 0.6 is 0 Å². The Kier molecular flexibility index (Phi) is 4.04. The molecule has 0 unspecified atom stereocenters. The third-order valence-corrected chi connectivity index (χ3v) is 3.02. The molecule has 14 heavy (non-hydrogen) atoms. The summed E-state index contributed by atoms with van der Waals surface area (Å²) in [6.07, 6.45) is 0. The van der Waals surface area contributed by atoms with Gasteiger partial charge in [-0.2, -0.15) is 0 Å². The third-order valence-electron chi connectivity index (χ3n) is 1.50. The Balaban J connectivity index is 2.73. The summed E-state index contributed by atoms with van der Waals surface area (Å²) in [5.41, 5.74) is 0.376. The Morgan fingerprint density at radius 2 is 1.93 bits per heavy atom. The van der Waals surface area contributed by atoms with Gasteiger partial charge in [-0.3, -0.25) is 0 Å². The van der Waals surface area contributed by atoms with Gasteiger partial charge in [0.05, 0.1) is 0 Å². The Morgan fingerprint density at radius 3 is 2.36 bits per heavy atom. The molecule has 0 spiro atoms. The molecule has 1 rings (SSSR count). The third kappa shape index (κ3) is 3.09. The molecule has 76 valence electrons.